The summed E-state index contributed by atoms with van der Waals surface area (Å²) in [5.41, 5.74) is 0. The van der Waals surface area contributed by atoms with E-state index in [9.17, 15) is 0 Å². The van der Waals surface area contributed by atoms with Crippen LogP contribution in [0.4, 0.5) is 0 Å². The zero-order valence-electron chi connectivity index (χ0n) is 15.6. The molecule has 1 aliphatic heterocycles. The molecule has 6 nitrogen and oxygen atoms in total. The molecule has 3 rings (SSSR count). The zero-order chi connectivity index (χ0) is 17.9. The first-order valence-electron chi connectivity index (χ1n) is 10.0. The average Bonchev–Trinajstić information content (AvgIpc) is 2.68. The van der Waals surface area contributed by atoms with Gasteiger partial charge in [0.25, 0.3) is 0 Å². The minimum absolute atomic E-state index is 0.0507. The number of fused-ring (bicyclic) bond motifs is 2. The Morgan fingerprint density at radius 2 is 0.885 bits per heavy atom. The predicted molar refractivity (Wildman–Crippen MR) is 96.3 cm³/mol. The molecule has 4 unspecified atom stereocenters. The van der Waals surface area contributed by atoms with Gasteiger partial charge >= 0.3 is 0 Å². The molecule has 0 aromatic rings. The normalized spacial score (nSPS) is 34.5. The van der Waals surface area contributed by atoms with Crippen LogP contribution in [0.3, 0.4) is 0 Å². The standard InChI is InChI=1S/C20H32O6/c1-2-6-18-17(5-1)23-13-9-21-11-15-25-19-7-3-4-8-20(19)26-16-12-22-10-14-24-18/h9-10,13-14,17-20H,1-8,11-12,15-16H2. The third kappa shape index (κ3) is 6.40. The lowest BCUT2D eigenvalue weighted by atomic mass is 9.94. The summed E-state index contributed by atoms with van der Waals surface area (Å²) in [5, 5.41) is 0. The molecule has 0 saturated heterocycles. The fourth-order valence-electron chi connectivity index (χ4n) is 3.79. The van der Waals surface area contributed by atoms with Crippen molar-refractivity contribution in [2.75, 3.05) is 26.4 Å². The number of rotatable bonds is 0. The van der Waals surface area contributed by atoms with Gasteiger partial charge in [-0.1, -0.05) is 12.8 Å². The van der Waals surface area contributed by atoms with E-state index in [2.05, 4.69) is 0 Å². The van der Waals surface area contributed by atoms with Crippen molar-refractivity contribution < 1.29 is 28.4 Å². The van der Waals surface area contributed by atoms with Gasteiger partial charge in [-0.15, -0.1) is 0 Å². The summed E-state index contributed by atoms with van der Waals surface area (Å²) in [7, 11) is 0. The fraction of sp³-hybridized carbons (Fsp3) is 0.800. The Labute approximate surface area is 156 Å². The topological polar surface area (TPSA) is 55.4 Å². The maximum absolute atomic E-state index is 5.98. The van der Waals surface area contributed by atoms with Crippen LogP contribution in [0.5, 0.6) is 0 Å². The second-order valence-corrected chi connectivity index (χ2v) is 7.02. The van der Waals surface area contributed by atoms with Gasteiger partial charge in [0.15, 0.2) is 0 Å². The van der Waals surface area contributed by atoms with Gasteiger partial charge in [-0.05, 0) is 38.5 Å². The molecule has 2 aliphatic carbocycles. The Hall–Kier alpha value is -1.40. The highest BCUT2D eigenvalue weighted by Crippen LogP contribution is 2.25. The molecule has 148 valence electrons. The van der Waals surface area contributed by atoms with E-state index in [1.165, 1.54) is 12.8 Å². The highest BCUT2D eigenvalue weighted by Gasteiger charge is 2.27. The summed E-state index contributed by atoms with van der Waals surface area (Å²) in [4.78, 5) is 0. The lowest BCUT2D eigenvalue weighted by Crippen LogP contribution is -2.36. The number of ether oxygens (including phenoxy) is 6. The third-order valence-corrected chi connectivity index (χ3v) is 5.16. The van der Waals surface area contributed by atoms with E-state index in [1.54, 1.807) is 25.0 Å². The molecule has 0 radical (unpaired) electrons. The Bertz CT molecular complexity index is 398. The van der Waals surface area contributed by atoms with Crippen LogP contribution in [0.15, 0.2) is 25.0 Å². The molecular formula is C20H32O6. The molecule has 0 aromatic heterocycles. The van der Waals surface area contributed by atoms with E-state index < -0.39 is 0 Å². The molecule has 0 bridgehead atoms. The van der Waals surface area contributed by atoms with Crippen molar-refractivity contribution in [1.29, 1.82) is 0 Å². The van der Waals surface area contributed by atoms with E-state index in [-0.39, 0.29) is 24.4 Å². The van der Waals surface area contributed by atoms with Crippen LogP contribution in [0, 0.1) is 0 Å². The van der Waals surface area contributed by atoms with Crippen molar-refractivity contribution in [2.24, 2.45) is 0 Å². The van der Waals surface area contributed by atoms with Gasteiger partial charge in [-0.2, -0.15) is 0 Å². The van der Waals surface area contributed by atoms with Crippen LogP contribution < -0.4 is 0 Å². The minimum atomic E-state index is 0.0507. The molecule has 26 heavy (non-hydrogen) atoms. The van der Waals surface area contributed by atoms with Crippen molar-refractivity contribution >= 4 is 0 Å². The molecule has 2 saturated carbocycles. The van der Waals surface area contributed by atoms with Gasteiger partial charge in [0.05, 0.1) is 25.4 Å². The Kier molecular flexibility index (Phi) is 8.45. The van der Waals surface area contributed by atoms with Crippen LogP contribution in [0.1, 0.15) is 51.4 Å². The van der Waals surface area contributed by atoms with Crippen molar-refractivity contribution in [3.63, 3.8) is 0 Å². The summed E-state index contributed by atoms with van der Waals surface area (Å²) < 4.78 is 34.6. The van der Waals surface area contributed by atoms with Gasteiger partial charge in [0.2, 0.25) is 0 Å². The van der Waals surface area contributed by atoms with E-state index >= 15 is 0 Å². The maximum Gasteiger partial charge on any atom is 0.135 e. The van der Waals surface area contributed by atoms with Crippen molar-refractivity contribution in [2.45, 2.75) is 75.8 Å². The molecule has 0 amide bonds. The highest BCUT2D eigenvalue weighted by molar-refractivity contribution is 4.82. The SMILES string of the molecule is C1=COC2CCCCC2OC=COCCOC2CCCCC2OCCO1. The molecule has 0 N–H and O–H groups in total. The van der Waals surface area contributed by atoms with Crippen LogP contribution in [-0.4, -0.2) is 50.8 Å². The molecule has 3 aliphatic rings. The second kappa shape index (κ2) is 11.3. The van der Waals surface area contributed by atoms with Gasteiger partial charge in [-0.25, -0.2) is 0 Å². The largest absolute Gasteiger partial charge is 0.496 e. The van der Waals surface area contributed by atoms with Gasteiger partial charge < -0.3 is 28.4 Å². The molecule has 2 fully saturated rings. The van der Waals surface area contributed by atoms with Crippen LogP contribution in [0.25, 0.3) is 0 Å². The van der Waals surface area contributed by atoms with Crippen LogP contribution in [0.2, 0.25) is 0 Å². The van der Waals surface area contributed by atoms with Crippen molar-refractivity contribution in [1.82, 2.24) is 0 Å². The monoisotopic (exact) mass is 368 g/mol. The molecule has 1 heterocycles. The predicted octanol–water partition coefficient (Wildman–Crippen LogP) is 3.66. The number of hydrogen-bond acceptors (Lipinski definition) is 6. The van der Waals surface area contributed by atoms with Crippen molar-refractivity contribution in [3.05, 3.63) is 25.0 Å². The molecule has 6 heteroatoms. The lowest BCUT2D eigenvalue weighted by Gasteiger charge is -2.31. The summed E-state index contributed by atoms with van der Waals surface area (Å²) in [6.45, 7) is 2.14. The third-order valence-electron chi connectivity index (χ3n) is 5.16. The first kappa shape index (κ1) is 19.4. The van der Waals surface area contributed by atoms with E-state index in [4.69, 9.17) is 28.4 Å². The first-order chi connectivity index (χ1) is 12.9. The average molecular weight is 368 g/mol. The zero-order valence-corrected chi connectivity index (χ0v) is 15.6. The van der Waals surface area contributed by atoms with Gasteiger partial charge in [0, 0.05) is 0 Å². The summed E-state index contributed by atoms with van der Waals surface area (Å²) >= 11 is 0. The lowest BCUT2D eigenvalue weighted by molar-refractivity contribution is -0.104. The van der Waals surface area contributed by atoms with Gasteiger partial charge in [-0.3, -0.25) is 0 Å². The molecule has 0 spiro atoms. The van der Waals surface area contributed by atoms with Crippen LogP contribution >= 0.6 is 0 Å². The highest BCUT2D eigenvalue weighted by atomic mass is 16.6. The maximum atomic E-state index is 5.98. The summed E-state index contributed by atoms with van der Waals surface area (Å²) in [6.07, 6.45) is 15.6. The molecular weight excluding hydrogens is 336 g/mol. The molecule has 4 atom stereocenters. The van der Waals surface area contributed by atoms with E-state index in [0.29, 0.717) is 26.4 Å². The fourth-order valence-corrected chi connectivity index (χ4v) is 3.79. The first-order valence-corrected chi connectivity index (χ1v) is 10.0. The molecule has 0 aromatic carbocycles. The quantitative estimate of drug-likeness (QED) is 0.650. The minimum Gasteiger partial charge on any atom is -0.496 e. The Balaban J connectivity index is 1.51. The van der Waals surface area contributed by atoms with Crippen molar-refractivity contribution in [3.8, 4) is 0 Å². The Morgan fingerprint density at radius 1 is 0.462 bits per heavy atom. The Morgan fingerprint density at radius 3 is 1.35 bits per heavy atom. The van der Waals surface area contributed by atoms with Gasteiger partial charge in [0.1, 0.15) is 50.5 Å². The van der Waals surface area contributed by atoms with Crippen LogP contribution in [-0.2, 0) is 28.4 Å². The summed E-state index contributed by atoms with van der Waals surface area (Å²) in [6, 6.07) is 0. The number of hydrogen-bond donors (Lipinski definition) is 0. The second-order valence-electron chi connectivity index (χ2n) is 7.02. The smallest absolute Gasteiger partial charge is 0.135 e. The van der Waals surface area contributed by atoms with E-state index in [1.807, 2.05) is 0 Å². The van der Waals surface area contributed by atoms with E-state index in [0.717, 1.165) is 38.5 Å². The summed E-state index contributed by atoms with van der Waals surface area (Å²) in [5.74, 6) is 0.